The van der Waals surface area contributed by atoms with Gasteiger partial charge in [0.05, 0.1) is 15.6 Å². The van der Waals surface area contributed by atoms with Gasteiger partial charge in [-0.25, -0.2) is 13.1 Å². The fourth-order valence-electron chi connectivity index (χ4n) is 1.75. The molecule has 0 fully saturated rings. The standard InChI is InChI=1S/C13H15BrClN3O2S/c1-10-13(15)9-18(17-10)8-2-7-16-21(19,20)12-5-3-11(14)4-6-12/h3-6,9,16H,2,7-8H2,1H3. The van der Waals surface area contributed by atoms with Crippen molar-refractivity contribution in [1.29, 1.82) is 0 Å². The molecule has 0 aliphatic heterocycles. The smallest absolute Gasteiger partial charge is 0.240 e. The third kappa shape index (κ3) is 4.54. The molecule has 5 nitrogen and oxygen atoms in total. The second kappa shape index (κ2) is 6.91. The number of nitrogens with one attached hydrogen (secondary N) is 1. The lowest BCUT2D eigenvalue weighted by Gasteiger charge is -2.07. The zero-order valence-electron chi connectivity index (χ0n) is 11.4. The molecular weight excluding hydrogens is 378 g/mol. The second-order valence-corrected chi connectivity index (χ2v) is 7.62. The summed E-state index contributed by atoms with van der Waals surface area (Å²) in [6, 6.07) is 6.51. The van der Waals surface area contributed by atoms with Crippen LogP contribution in [0.5, 0.6) is 0 Å². The molecule has 1 aromatic heterocycles. The van der Waals surface area contributed by atoms with Crippen molar-refractivity contribution in [1.82, 2.24) is 14.5 Å². The molecule has 1 N–H and O–H groups in total. The Morgan fingerprint density at radius 2 is 2.00 bits per heavy atom. The summed E-state index contributed by atoms with van der Waals surface area (Å²) >= 11 is 9.18. The van der Waals surface area contributed by atoms with E-state index in [0.29, 0.717) is 24.5 Å². The average molecular weight is 393 g/mol. The highest BCUT2D eigenvalue weighted by atomic mass is 79.9. The van der Waals surface area contributed by atoms with E-state index >= 15 is 0 Å². The molecule has 0 aliphatic rings. The maximum absolute atomic E-state index is 12.0. The van der Waals surface area contributed by atoms with Gasteiger partial charge in [-0.2, -0.15) is 5.10 Å². The van der Waals surface area contributed by atoms with Gasteiger partial charge in [0, 0.05) is 23.8 Å². The SMILES string of the molecule is Cc1nn(CCCNS(=O)(=O)c2ccc(Br)cc2)cc1Cl. The Morgan fingerprint density at radius 3 is 2.57 bits per heavy atom. The number of hydrogen-bond donors (Lipinski definition) is 1. The first kappa shape index (κ1) is 16.5. The van der Waals surface area contributed by atoms with Crippen LogP contribution < -0.4 is 4.72 Å². The Hall–Kier alpha value is -0.890. The summed E-state index contributed by atoms with van der Waals surface area (Å²) in [6.07, 6.45) is 2.37. The topological polar surface area (TPSA) is 64.0 Å². The van der Waals surface area contributed by atoms with E-state index in [1.807, 2.05) is 6.92 Å². The van der Waals surface area contributed by atoms with E-state index in [0.717, 1.165) is 10.2 Å². The van der Waals surface area contributed by atoms with Crippen molar-refractivity contribution in [2.75, 3.05) is 6.54 Å². The predicted molar refractivity (Wildman–Crippen MR) is 85.9 cm³/mol. The third-order valence-electron chi connectivity index (χ3n) is 2.87. The van der Waals surface area contributed by atoms with Crippen molar-refractivity contribution in [3.63, 3.8) is 0 Å². The van der Waals surface area contributed by atoms with Crippen LogP contribution in [0.1, 0.15) is 12.1 Å². The molecule has 2 rings (SSSR count). The number of aromatic nitrogens is 2. The van der Waals surface area contributed by atoms with Crippen molar-refractivity contribution >= 4 is 37.6 Å². The second-order valence-electron chi connectivity index (χ2n) is 4.53. The Morgan fingerprint density at radius 1 is 1.33 bits per heavy atom. The molecule has 0 atom stereocenters. The first-order valence-electron chi connectivity index (χ1n) is 6.33. The first-order chi connectivity index (χ1) is 9.88. The lowest BCUT2D eigenvalue weighted by Crippen LogP contribution is -2.25. The minimum atomic E-state index is -3.46. The molecule has 2 aromatic rings. The molecule has 8 heteroatoms. The zero-order chi connectivity index (χ0) is 15.5. The molecule has 0 saturated carbocycles. The van der Waals surface area contributed by atoms with E-state index in [-0.39, 0.29) is 4.90 Å². The van der Waals surface area contributed by atoms with Crippen molar-refractivity contribution < 1.29 is 8.42 Å². The Bertz CT molecular complexity index is 694. The van der Waals surface area contributed by atoms with Crippen LogP contribution in [0.25, 0.3) is 0 Å². The van der Waals surface area contributed by atoms with Gasteiger partial charge < -0.3 is 0 Å². The van der Waals surface area contributed by atoms with Crippen LogP contribution in [0.3, 0.4) is 0 Å². The van der Waals surface area contributed by atoms with E-state index in [1.165, 1.54) is 0 Å². The molecule has 0 bridgehead atoms. The van der Waals surface area contributed by atoms with E-state index in [9.17, 15) is 8.42 Å². The highest BCUT2D eigenvalue weighted by Gasteiger charge is 2.12. The van der Waals surface area contributed by atoms with E-state index < -0.39 is 10.0 Å². The van der Waals surface area contributed by atoms with E-state index in [4.69, 9.17) is 11.6 Å². The van der Waals surface area contributed by atoms with Crippen LogP contribution in [-0.2, 0) is 16.6 Å². The monoisotopic (exact) mass is 391 g/mol. The van der Waals surface area contributed by atoms with Gasteiger partial charge in [-0.15, -0.1) is 0 Å². The normalized spacial score (nSPS) is 11.8. The molecule has 0 aliphatic carbocycles. The minimum absolute atomic E-state index is 0.253. The van der Waals surface area contributed by atoms with Crippen LogP contribution >= 0.6 is 27.5 Å². The fourth-order valence-corrected chi connectivity index (χ4v) is 3.24. The quantitative estimate of drug-likeness (QED) is 0.769. The summed E-state index contributed by atoms with van der Waals surface area (Å²) in [4.78, 5) is 0.253. The number of aryl methyl sites for hydroxylation is 2. The average Bonchev–Trinajstić information content (AvgIpc) is 2.74. The predicted octanol–water partition coefficient (Wildman–Crippen LogP) is 2.98. The van der Waals surface area contributed by atoms with Crippen LogP contribution in [-0.4, -0.2) is 24.7 Å². The van der Waals surface area contributed by atoms with Crippen LogP contribution in [0.15, 0.2) is 39.8 Å². The van der Waals surface area contributed by atoms with Crippen molar-refractivity contribution in [2.24, 2.45) is 0 Å². The van der Waals surface area contributed by atoms with Crippen molar-refractivity contribution in [3.8, 4) is 0 Å². The highest BCUT2D eigenvalue weighted by Crippen LogP contribution is 2.14. The largest absolute Gasteiger partial charge is 0.271 e. The van der Waals surface area contributed by atoms with Gasteiger partial charge in [-0.05, 0) is 37.6 Å². The maximum Gasteiger partial charge on any atom is 0.240 e. The highest BCUT2D eigenvalue weighted by molar-refractivity contribution is 9.10. The molecule has 21 heavy (non-hydrogen) atoms. The number of hydrogen-bond acceptors (Lipinski definition) is 3. The van der Waals surface area contributed by atoms with E-state index in [1.54, 1.807) is 35.1 Å². The number of benzene rings is 1. The van der Waals surface area contributed by atoms with Gasteiger partial charge in [0.1, 0.15) is 0 Å². The van der Waals surface area contributed by atoms with Gasteiger partial charge >= 0.3 is 0 Å². The number of halogens is 2. The first-order valence-corrected chi connectivity index (χ1v) is 8.99. The number of rotatable bonds is 6. The summed E-state index contributed by atoms with van der Waals surface area (Å²) in [5.74, 6) is 0. The van der Waals surface area contributed by atoms with Crippen LogP contribution in [0.2, 0.25) is 5.02 Å². The molecule has 114 valence electrons. The molecular formula is C13H15BrClN3O2S. The van der Waals surface area contributed by atoms with Crippen LogP contribution in [0, 0.1) is 6.92 Å². The van der Waals surface area contributed by atoms with Gasteiger partial charge in [0.2, 0.25) is 10.0 Å². The lowest BCUT2D eigenvalue weighted by atomic mass is 10.4. The Balaban J connectivity index is 1.86. The van der Waals surface area contributed by atoms with Gasteiger partial charge in [0.15, 0.2) is 0 Å². The van der Waals surface area contributed by atoms with Gasteiger partial charge in [-0.3, -0.25) is 4.68 Å². The van der Waals surface area contributed by atoms with Crippen molar-refractivity contribution in [2.45, 2.75) is 24.8 Å². The molecule has 0 amide bonds. The fraction of sp³-hybridized carbons (Fsp3) is 0.308. The van der Waals surface area contributed by atoms with E-state index in [2.05, 4.69) is 25.8 Å². The minimum Gasteiger partial charge on any atom is -0.271 e. The Labute approximate surface area is 137 Å². The summed E-state index contributed by atoms with van der Waals surface area (Å²) in [5.41, 5.74) is 0.770. The molecule has 1 aromatic carbocycles. The maximum atomic E-state index is 12.0. The molecule has 1 heterocycles. The summed E-state index contributed by atoms with van der Waals surface area (Å²) in [5, 5.41) is 4.83. The summed E-state index contributed by atoms with van der Waals surface area (Å²) in [6.45, 7) is 2.78. The zero-order valence-corrected chi connectivity index (χ0v) is 14.5. The van der Waals surface area contributed by atoms with Gasteiger partial charge in [0.25, 0.3) is 0 Å². The molecule has 0 spiro atoms. The summed E-state index contributed by atoms with van der Waals surface area (Å²) in [7, 11) is -3.46. The molecule has 0 radical (unpaired) electrons. The number of sulfonamides is 1. The van der Waals surface area contributed by atoms with Crippen molar-refractivity contribution in [3.05, 3.63) is 45.7 Å². The molecule has 0 saturated heterocycles. The van der Waals surface area contributed by atoms with Gasteiger partial charge in [-0.1, -0.05) is 27.5 Å². The van der Waals surface area contributed by atoms with Crippen LogP contribution in [0.4, 0.5) is 0 Å². The number of nitrogens with zero attached hydrogens (tertiary/aromatic N) is 2. The summed E-state index contributed by atoms with van der Waals surface area (Å²) < 4.78 is 29.2. The Kier molecular flexibility index (Phi) is 5.43. The lowest BCUT2D eigenvalue weighted by molar-refractivity contribution is 0.551. The third-order valence-corrected chi connectivity index (χ3v) is 5.24. The molecule has 0 unspecified atom stereocenters.